The molecular formula is C19H20FNO3S. The summed E-state index contributed by atoms with van der Waals surface area (Å²) in [6.07, 6.45) is 0.179. The number of nitrogens with one attached hydrogen (secondary N) is 1. The highest BCUT2D eigenvalue weighted by molar-refractivity contribution is 7.99. The van der Waals surface area contributed by atoms with Gasteiger partial charge in [-0.25, -0.2) is 4.39 Å². The topological polar surface area (TPSA) is 55.4 Å². The van der Waals surface area contributed by atoms with Crippen molar-refractivity contribution in [1.82, 2.24) is 0 Å². The third-order valence-electron chi connectivity index (χ3n) is 3.63. The molecule has 2 rings (SSSR count). The summed E-state index contributed by atoms with van der Waals surface area (Å²) < 4.78 is 17.8. The number of halogens is 1. The van der Waals surface area contributed by atoms with Gasteiger partial charge in [0.05, 0.1) is 6.42 Å². The van der Waals surface area contributed by atoms with E-state index in [9.17, 15) is 14.0 Å². The Balaban J connectivity index is 1.69. The van der Waals surface area contributed by atoms with Crippen molar-refractivity contribution in [1.29, 1.82) is 0 Å². The maximum Gasteiger partial charge on any atom is 0.307 e. The lowest BCUT2D eigenvalue weighted by molar-refractivity contribution is -0.146. The van der Waals surface area contributed by atoms with Crippen molar-refractivity contribution in [3.8, 4) is 0 Å². The molecule has 6 heteroatoms. The number of thioether (sulfide) groups is 1. The van der Waals surface area contributed by atoms with Crippen molar-refractivity contribution in [3.63, 3.8) is 0 Å². The van der Waals surface area contributed by atoms with Crippen LogP contribution in [0.2, 0.25) is 0 Å². The van der Waals surface area contributed by atoms with E-state index in [1.165, 1.54) is 23.9 Å². The van der Waals surface area contributed by atoms with Crippen LogP contribution in [0.3, 0.4) is 0 Å². The van der Waals surface area contributed by atoms with Crippen molar-refractivity contribution < 1.29 is 18.7 Å². The second-order valence-electron chi connectivity index (χ2n) is 5.51. The van der Waals surface area contributed by atoms with Gasteiger partial charge in [0.2, 0.25) is 0 Å². The molecule has 0 unspecified atom stereocenters. The van der Waals surface area contributed by atoms with E-state index in [0.717, 1.165) is 16.0 Å². The number of aryl methyl sites for hydroxylation is 1. The lowest BCUT2D eigenvalue weighted by atomic mass is 10.1. The number of amides is 1. The second-order valence-corrected chi connectivity index (χ2v) is 6.68. The van der Waals surface area contributed by atoms with Crippen LogP contribution in [-0.4, -0.2) is 24.2 Å². The molecule has 4 nitrogen and oxygen atoms in total. The molecule has 2 aromatic carbocycles. The van der Waals surface area contributed by atoms with Gasteiger partial charge < -0.3 is 10.1 Å². The van der Waals surface area contributed by atoms with E-state index >= 15 is 0 Å². The smallest absolute Gasteiger partial charge is 0.307 e. The Morgan fingerprint density at radius 3 is 2.56 bits per heavy atom. The number of rotatable bonds is 7. The second kappa shape index (κ2) is 9.22. The molecular weight excluding hydrogens is 341 g/mol. The molecule has 0 heterocycles. The van der Waals surface area contributed by atoms with E-state index in [-0.39, 0.29) is 24.8 Å². The van der Waals surface area contributed by atoms with Gasteiger partial charge in [-0.1, -0.05) is 12.1 Å². The van der Waals surface area contributed by atoms with Crippen molar-refractivity contribution in [2.75, 3.05) is 17.7 Å². The SMILES string of the molecule is Cc1cccc(NC(=O)COC(=O)CCSc2ccc(F)cc2)c1C. The molecule has 0 spiro atoms. The first kappa shape index (κ1) is 19.0. The van der Waals surface area contributed by atoms with E-state index in [1.807, 2.05) is 26.0 Å². The molecule has 0 saturated carbocycles. The first-order valence-corrected chi connectivity index (χ1v) is 8.84. The maximum atomic E-state index is 12.8. The van der Waals surface area contributed by atoms with Crippen molar-refractivity contribution in [2.24, 2.45) is 0 Å². The molecule has 0 aliphatic heterocycles. The first-order chi connectivity index (χ1) is 12.0. The summed E-state index contributed by atoms with van der Waals surface area (Å²) in [5.41, 5.74) is 2.78. The van der Waals surface area contributed by atoms with Gasteiger partial charge in [0.25, 0.3) is 5.91 Å². The van der Waals surface area contributed by atoms with Crippen LogP contribution in [0.25, 0.3) is 0 Å². The van der Waals surface area contributed by atoms with Gasteiger partial charge in [0, 0.05) is 16.3 Å². The number of carbonyl (C=O) groups is 2. The number of anilines is 1. The van der Waals surface area contributed by atoms with Gasteiger partial charge in [-0.15, -0.1) is 11.8 Å². The molecule has 1 amide bonds. The van der Waals surface area contributed by atoms with Crippen LogP contribution in [0.1, 0.15) is 17.5 Å². The third-order valence-corrected chi connectivity index (χ3v) is 4.65. The first-order valence-electron chi connectivity index (χ1n) is 7.86. The quantitative estimate of drug-likeness (QED) is 0.596. The average Bonchev–Trinajstić information content (AvgIpc) is 2.59. The van der Waals surface area contributed by atoms with E-state index in [4.69, 9.17) is 4.74 Å². The Bertz CT molecular complexity index is 747. The molecule has 0 aliphatic rings. The summed E-state index contributed by atoms with van der Waals surface area (Å²) in [4.78, 5) is 24.4. The highest BCUT2D eigenvalue weighted by atomic mass is 32.2. The Labute approximate surface area is 150 Å². The van der Waals surface area contributed by atoms with Crippen LogP contribution in [0, 0.1) is 19.7 Å². The van der Waals surface area contributed by atoms with Gasteiger partial charge in [-0.3, -0.25) is 9.59 Å². The van der Waals surface area contributed by atoms with Gasteiger partial charge >= 0.3 is 5.97 Å². The minimum atomic E-state index is -0.439. The summed E-state index contributed by atoms with van der Waals surface area (Å²) in [6, 6.07) is 11.7. The van der Waals surface area contributed by atoms with E-state index < -0.39 is 5.97 Å². The zero-order valence-electron chi connectivity index (χ0n) is 14.2. The standard InChI is InChI=1S/C19H20FNO3S/c1-13-4-3-5-17(14(13)2)21-18(22)12-24-19(23)10-11-25-16-8-6-15(20)7-9-16/h3-9H,10-12H2,1-2H3,(H,21,22). The largest absolute Gasteiger partial charge is 0.456 e. The van der Waals surface area contributed by atoms with Crippen LogP contribution in [0.5, 0.6) is 0 Å². The summed E-state index contributed by atoms with van der Waals surface area (Å²) in [6.45, 7) is 3.57. The van der Waals surface area contributed by atoms with Gasteiger partial charge in [-0.05, 0) is 55.3 Å². The molecule has 25 heavy (non-hydrogen) atoms. The number of esters is 1. The van der Waals surface area contributed by atoms with Gasteiger partial charge in [0.15, 0.2) is 6.61 Å². The zero-order chi connectivity index (χ0) is 18.2. The van der Waals surface area contributed by atoms with E-state index in [0.29, 0.717) is 11.4 Å². The molecule has 0 aromatic heterocycles. The summed E-state index contributed by atoms with van der Waals surface area (Å²) in [7, 11) is 0. The molecule has 0 bridgehead atoms. The average molecular weight is 361 g/mol. The molecule has 0 atom stereocenters. The van der Waals surface area contributed by atoms with E-state index in [2.05, 4.69) is 5.32 Å². The van der Waals surface area contributed by atoms with Gasteiger partial charge in [0.1, 0.15) is 5.82 Å². The zero-order valence-corrected chi connectivity index (χ0v) is 15.0. The Kier molecular flexibility index (Phi) is 7.01. The maximum absolute atomic E-state index is 12.8. The normalized spacial score (nSPS) is 10.4. The molecule has 0 aliphatic carbocycles. The minimum Gasteiger partial charge on any atom is -0.456 e. The molecule has 0 saturated heterocycles. The Morgan fingerprint density at radius 1 is 1.12 bits per heavy atom. The van der Waals surface area contributed by atoms with E-state index in [1.54, 1.807) is 18.2 Å². The van der Waals surface area contributed by atoms with Gasteiger partial charge in [-0.2, -0.15) is 0 Å². The number of benzene rings is 2. The van der Waals surface area contributed by atoms with Crippen molar-refractivity contribution in [2.45, 2.75) is 25.2 Å². The van der Waals surface area contributed by atoms with Crippen LogP contribution in [0.4, 0.5) is 10.1 Å². The van der Waals surface area contributed by atoms with Crippen LogP contribution < -0.4 is 5.32 Å². The molecule has 132 valence electrons. The lowest BCUT2D eigenvalue weighted by Crippen LogP contribution is -2.21. The predicted octanol–water partition coefficient (Wildman–Crippen LogP) is 4.11. The van der Waals surface area contributed by atoms with Crippen molar-refractivity contribution >= 4 is 29.3 Å². The number of hydrogen-bond acceptors (Lipinski definition) is 4. The van der Waals surface area contributed by atoms with Crippen LogP contribution in [-0.2, 0) is 14.3 Å². The van der Waals surface area contributed by atoms with Crippen LogP contribution in [0.15, 0.2) is 47.4 Å². The predicted molar refractivity (Wildman–Crippen MR) is 97.2 cm³/mol. The Morgan fingerprint density at radius 2 is 1.84 bits per heavy atom. The number of carbonyl (C=O) groups excluding carboxylic acids is 2. The lowest BCUT2D eigenvalue weighted by Gasteiger charge is -2.10. The fourth-order valence-electron chi connectivity index (χ4n) is 2.07. The Hall–Kier alpha value is -2.34. The number of ether oxygens (including phenoxy) is 1. The molecule has 0 fully saturated rings. The van der Waals surface area contributed by atoms with Crippen LogP contribution >= 0.6 is 11.8 Å². The highest BCUT2D eigenvalue weighted by Gasteiger charge is 2.10. The molecule has 2 aromatic rings. The summed E-state index contributed by atoms with van der Waals surface area (Å²) in [5.74, 6) is -0.596. The summed E-state index contributed by atoms with van der Waals surface area (Å²) in [5, 5.41) is 2.74. The summed E-state index contributed by atoms with van der Waals surface area (Å²) >= 11 is 1.43. The molecule has 1 N–H and O–H groups in total. The third kappa shape index (κ3) is 6.23. The van der Waals surface area contributed by atoms with Crippen molar-refractivity contribution in [3.05, 3.63) is 59.4 Å². The fourth-order valence-corrected chi connectivity index (χ4v) is 2.91. The minimum absolute atomic E-state index is 0.179. The number of hydrogen-bond donors (Lipinski definition) is 1. The molecule has 0 radical (unpaired) electrons. The fraction of sp³-hybridized carbons (Fsp3) is 0.263. The monoisotopic (exact) mass is 361 g/mol. The highest BCUT2D eigenvalue weighted by Crippen LogP contribution is 2.19.